The number of piperazine rings is 1. The van der Waals surface area contributed by atoms with Crippen LogP contribution in [0.2, 0.25) is 5.02 Å². The summed E-state index contributed by atoms with van der Waals surface area (Å²) in [4.78, 5) is 20.2. The normalized spacial score (nSPS) is 24.5. The molecule has 7 nitrogen and oxygen atoms in total. The standard InChI is InChI=1S/C22H31ClN6O/c23-18-8-9-20-24-25-22(29(20)16-18)28-10-4-5-17(15-28)21(30)27-13-11-26(12-14-27)19-6-2-1-3-7-19/h8-9,16-17,19H,1-7,10-15H2/t17-/m1/s1. The van der Waals surface area contributed by atoms with Crippen molar-refractivity contribution in [1.82, 2.24) is 24.4 Å². The Kier molecular flexibility index (Phi) is 5.83. The predicted molar refractivity (Wildman–Crippen MR) is 118 cm³/mol. The maximum atomic E-state index is 13.3. The fraction of sp³-hybridized carbons (Fsp3) is 0.682. The van der Waals surface area contributed by atoms with Gasteiger partial charge in [0.15, 0.2) is 5.65 Å². The van der Waals surface area contributed by atoms with Crippen molar-refractivity contribution < 1.29 is 4.79 Å². The lowest BCUT2D eigenvalue weighted by Crippen LogP contribution is -2.55. The molecule has 0 bridgehead atoms. The van der Waals surface area contributed by atoms with E-state index in [1.54, 1.807) is 0 Å². The van der Waals surface area contributed by atoms with E-state index in [0.717, 1.165) is 63.2 Å². The van der Waals surface area contributed by atoms with Gasteiger partial charge < -0.3 is 9.80 Å². The minimum atomic E-state index is 0.0338. The molecule has 0 radical (unpaired) electrons. The van der Waals surface area contributed by atoms with E-state index >= 15 is 0 Å². The number of pyridine rings is 1. The number of fused-ring (bicyclic) bond motifs is 1. The van der Waals surface area contributed by atoms with Crippen LogP contribution < -0.4 is 4.90 Å². The van der Waals surface area contributed by atoms with Crippen LogP contribution in [0.25, 0.3) is 5.65 Å². The van der Waals surface area contributed by atoms with Crippen LogP contribution >= 0.6 is 11.6 Å². The Hall–Kier alpha value is -1.86. The Morgan fingerprint density at radius 3 is 2.53 bits per heavy atom. The third kappa shape index (κ3) is 4.02. The second-order valence-electron chi connectivity index (χ2n) is 9.01. The van der Waals surface area contributed by atoms with Gasteiger partial charge in [-0.05, 0) is 37.8 Å². The lowest BCUT2D eigenvalue weighted by Gasteiger charge is -2.42. The molecule has 1 saturated carbocycles. The van der Waals surface area contributed by atoms with Crippen LogP contribution in [0.1, 0.15) is 44.9 Å². The molecule has 0 unspecified atom stereocenters. The maximum absolute atomic E-state index is 13.3. The Bertz CT molecular complexity index is 887. The third-order valence-electron chi connectivity index (χ3n) is 7.12. The van der Waals surface area contributed by atoms with Crippen LogP contribution in [0.5, 0.6) is 0 Å². The number of piperidine rings is 1. The van der Waals surface area contributed by atoms with Crippen molar-refractivity contribution in [2.45, 2.75) is 51.0 Å². The first-order valence-electron chi connectivity index (χ1n) is 11.5. The molecular formula is C22H31ClN6O. The van der Waals surface area contributed by atoms with Gasteiger partial charge in [-0.25, -0.2) is 0 Å². The molecule has 0 N–H and O–H groups in total. The van der Waals surface area contributed by atoms with Crippen LogP contribution in [0, 0.1) is 5.92 Å². The Labute approximate surface area is 183 Å². The highest BCUT2D eigenvalue weighted by atomic mass is 35.5. The van der Waals surface area contributed by atoms with E-state index in [0.29, 0.717) is 17.5 Å². The number of hydrogen-bond donors (Lipinski definition) is 0. The van der Waals surface area contributed by atoms with E-state index in [1.165, 1.54) is 32.1 Å². The number of nitrogens with zero attached hydrogens (tertiary/aromatic N) is 6. The van der Waals surface area contributed by atoms with Crippen LogP contribution in [-0.2, 0) is 4.79 Å². The summed E-state index contributed by atoms with van der Waals surface area (Å²) in [6.45, 7) is 5.40. The van der Waals surface area contributed by atoms with Crippen molar-refractivity contribution in [2.24, 2.45) is 5.92 Å². The second-order valence-corrected chi connectivity index (χ2v) is 9.45. The minimum absolute atomic E-state index is 0.0338. The van der Waals surface area contributed by atoms with Gasteiger partial charge in [0.2, 0.25) is 11.9 Å². The van der Waals surface area contributed by atoms with Crippen molar-refractivity contribution >= 4 is 29.1 Å². The molecule has 3 aliphatic rings. The molecule has 8 heteroatoms. The first-order valence-corrected chi connectivity index (χ1v) is 11.8. The fourth-order valence-corrected chi connectivity index (χ4v) is 5.60. The smallest absolute Gasteiger partial charge is 0.231 e. The summed E-state index contributed by atoms with van der Waals surface area (Å²) >= 11 is 6.18. The van der Waals surface area contributed by atoms with Gasteiger partial charge >= 0.3 is 0 Å². The first kappa shape index (κ1) is 20.1. The summed E-state index contributed by atoms with van der Waals surface area (Å²) in [7, 11) is 0. The molecule has 2 aromatic rings. The Balaban J connectivity index is 1.21. The minimum Gasteiger partial charge on any atom is -0.340 e. The highest BCUT2D eigenvalue weighted by Crippen LogP contribution is 2.27. The number of hydrogen-bond acceptors (Lipinski definition) is 5. The highest BCUT2D eigenvalue weighted by Gasteiger charge is 2.33. The molecule has 2 saturated heterocycles. The van der Waals surface area contributed by atoms with Crippen LogP contribution in [0.15, 0.2) is 18.3 Å². The van der Waals surface area contributed by atoms with Gasteiger partial charge in [-0.1, -0.05) is 30.9 Å². The van der Waals surface area contributed by atoms with E-state index in [4.69, 9.17) is 11.6 Å². The third-order valence-corrected chi connectivity index (χ3v) is 7.34. The van der Waals surface area contributed by atoms with Crippen LogP contribution in [-0.4, -0.2) is 75.6 Å². The summed E-state index contributed by atoms with van der Waals surface area (Å²) in [5.41, 5.74) is 0.779. The topological polar surface area (TPSA) is 57.0 Å². The SMILES string of the molecule is O=C([C@@H]1CCCN(c2nnc3ccc(Cl)cn23)C1)N1CCN(C2CCCCC2)CC1. The average molecular weight is 431 g/mol. The lowest BCUT2D eigenvalue weighted by molar-refractivity contribution is -0.138. The van der Waals surface area contributed by atoms with Crippen LogP contribution in [0.4, 0.5) is 5.95 Å². The molecule has 1 atom stereocenters. The Morgan fingerprint density at radius 2 is 1.73 bits per heavy atom. The molecule has 5 rings (SSSR count). The molecule has 2 aliphatic heterocycles. The summed E-state index contributed by atoms with van der Waals surface area (Å²) in [6, 6.07) is 4.44. The van der Waals surface area contributed by atoms with Crippen LogP contribution in [0.3, 0.4) is 0 Å². The lowest BCUT2D eigenvalue weighted by atomic mass is 9.93. The molecular weight excluding hydrogens is 400 g/mol. The molecule has 3 fully saturated rings. The van der Waals surface area contributed by atoms with Gasteiger partial charge in [-0.15, -0.1) is 10.2 Å². The summed E-state index contributed by atoms with van der Waals surface area (Å²) in [5.74, 6) is 1.13. The number of aromatic nitrogens is 3. The maximum Gasteiger partial charge on any atom is 0.231 e. The zero-order valence-corrected chi connectivity index (χ0v) is 18.3. The van der Waals surface area contributed by atoms with Crippen molar-refractivity contribution in [3.63, 3.8) is 0 Å². The van der Waals surface area contributed by atoms with Crippen molar-refractivity contribution in [2.75, 3.05) is 44.2 Å². The zero-order chi connectivity index (χ0) is 20.5. The quantitative estimate of drug-likeness (QED) is 0.749. The average Bonchev–Trinajstić information content (AvgIpc) is 3.22. The molecule has 162 valence electrons. The molecule has 4 heterocycles. The Morgan fingerprint density at radius 1 is 0.933 bits per heavy atom. The highest BCUT2D eigenvalue weighted by molar-refractivity contribution is 6.30. The van der Waals surface area contributed by atoms with E-state index in [-0.39, 0.29) is 5.92 Å². The fourth-order valence-electron chi connectivity index (χ4n) is 5.44. The van der Waals surface area contributed by atoms with E-state index in [2.05, 4.69) is 24.9 Å². The van der Waals surface area contributed by atoms with Crippen molar-refractivity contribution in [3.8, 4) is 0 Å². The van der Waals surface area contributed by atoms with Gasteiger partial charge in [-0.3, -0.25) is 14.1 Å². The number of halogens is 1. The first-order chi connectivity index (χ1) is 14.7. The van der Waals surface area contributed by atoms with Crippen molar-refractivity contribution in [1.29, 1.82) is 0 Å². The molecule has 2 aromatic heterocycles. The summed E-state index contributed by atoms with van der Waals surface area (Å²) in [5, 5.41) is 9.29. The largest absolute Gasteiger partial charge is 0.340 e. The van der Waals surface area contributed by atoms with Gasteiger partial charge in [0.05, 0.1) is 10.9 Å². The van der Waals surface area contributed by atoms with Gasteiger partial charge in [0, 0.05) is 51.5 Å². The second kappa shape index (κ2) is 8.71. The number of carbonyl (C=O) groups excluding carboxylic acids is 1. The number of carbonyl (C=O) groups is 1. The van der Waals surface area contributed by atoms with Crippen molar-refractivity contribution in [3.05, 3.63) is 23.4 Å². The zero-order valence-electron chi connectivity index (χ0n) is 17.5. The van der Waals surface area contributed by atoms with E-state index in [1.807, 2.05) is 22.7 Å². The monoisotopic (exact) mass is 430 g/mol. The molecule has 1 aliphatic carbocycles. The molecule has 1 amide bonds. The summed E-state index contributed by atoms with van der Waals surface area (Å²) in [6.07, 6.45) is 10.6. The van der Waals surface area contributed by atoms with E-state index < -0.39 is 0 Å². The van der Waals surface area contributed by atoms with E-state index in [9.17, 15) is 4.79 Å². The predicted octanol–water partition coefficient (Wildman–Crippen LogP) is 3.08. The van der Waals surface area contributed by atoms with Gasteiger partial charge in [0.1, 0.15) is 0 Å². The summed E-state index contributed by atoms with van der Waals surface area (Å²) < 4.78 is 1.93. The number of rotatable bonds is 3. The van der Waals surface area contributed by atoms with Gasteiger partial charge in [-0.2, -0.15) is 0 Å². The van der Waals surface area contributed by atoms with Gasteiger partial charge in [0.25, 0.3) is 0 Å². The molecule has 0 spiro atoms. The number of anilines is 1. The molecule has 0 aromatic carbocycles. The number of amides is 1. The molecule has 30 heavy (non-hydrogen) atoms.